The van der Waals surface area contributed by atoms with E-state index in [1.54, 1.807) is 19.2 Å². The molecule has 1 heterocycles. The average molecular weight is 333 g/mol. The standard InChI is InChI=1S/C14H20N2O3S.ClH/c1-16(12-6-4-3-5-7-12)13(17)14(20(2,18)19)8-10-15-11-9-14;/h3-7,15H,8-11H2,1-2H3;1H. The van der Waals surface area contributed by atoms with E-state index in [4.69, 9.17) is 0 Å². The molecule has 0 unspecified atom stereocenters. The minimum absolute atomic E-state index is 0. The maximum Gasteiger partial charge on any atom is 0.248 e. The predicted molar refractivity (Wildman–Crippen MR) is 86.8 cm³/mol. The summed E-state index contributed by atoms with van der Waals surface area (Å²) in [6, 6.07) is 9.12. The van der Waals surface area contributed by atoms with Crippen molar-refractivity contribution in [2.45, 2.75) is 17.6 Å². The first-order valence-corrected chi connectivity index (χ1v) is 8.51. The van der Waals surface area contributed by atoms with Gasteiger partial charge in [0, 0.05) is 19.0 Å². The lowest BCUT2D eigenvalue weighted by molar-refractivity contribution is -0.121. The van der Waals surface area contributed by atoms with Crippen LogP contribution in [0.2, 0.25) is 0 Å². The fraction of sp³-hybridized carbons (Fsp3) is 0.500. The van der Waals surface area contributed by atoms with Gasteiger partial charge in [0.2, 0.25) is 5.91 Å². The number of anilines is 1. The Hall–Kier alpha value is -1.11. The number of carbonyl (C=O) groups is 1. The molecule has 2 rings (SSSR count). The summed E-state index contributed by atoms with van der Waals surface area (Å²) in [5.74, 6) is -0.340. The van der Waals surface area contributed by atoms with E-state index in [9.17, 15) is 13.2 Å². The number of hydrogen-bond donors (Lipinski definition) is 1. The van der Waals surface area contributed by atoms with Crippen LogP contribution in [-0.2, 0) is 14.6 Å². The van der Waals surface area contributed by atoms with Crippen LogP contribution in [0.4, 0.5) is 5.69 Å². The Balaban J connectivity index is 0.00000220. The average Bonchev–Trinajstić information content (AvgIpc) is 2.46. The van der Waals surface area contributed by atoms with Crippen LogP contribution in [-0.4, -0.2) is 45.5 Å². The van der Waals surface area contributed by atoms with Crippen molar-refractivity contribution >= 4 is 33.8 Å². The normalized spacial score (nSPS) is 17.6. The largest absolute Gasteiger partial charge is 0.317 e. The first kappa shape index (κ1) is 17.9. The lowest BCUT2D eigenvalue weighted by Gasteiger charge is -2.37. The molecule has 0 radical (unpaired) electrons. The van der Waals surface area contributed by atoms with E-state index in [1.165, 1.54) is 4.90 Å². The molecule has 1 amide bonds. The van der Waals surface area contributed by atoms with Gasteiger partial charge in [0.1, 0.15) is 0 Å². The molecule has 1 aliphatic rings. The molecule has 5 nitrogen and oxygen atoms in total. The number of benzene rings is 1. The van der Waals surface area contributed by atoms with Crippen molar-refractivity contribution < 1.29 is 13.2 Å². The Morgan fingerprint density at radius 2 is 1.71 bits per heavy atom. The molecule has 0 bridgehead atoms. The zero-order chi connectivity index (χ0) is 14.8. The zero-order valence-electron chi connectivity index (χ0n) is 12.2. The summed E-state index contributed by atoms with van der Waals surface area (Å²) in [7, 11) is -1.84. The number of halogens is 1. The van der Waals surface area contributed by atoms with Crippen molar-refractivity contribution in [2.24, 2.45) is 0 Å². The van der Waals surface area contributed by atoms with Crippen molar-refractivity contribution in [3.63, 3.8) is 0 Å². The van der Waals surface area contributed by atoms with E-state index in [0.717, 1.165) is 6.26 Å². The SMILES string of the molecule is CN(C(=O)C1(S(C)(=O)=O)CCNCC1)c1ccccc1.Cl. The van der Waals surface area contributed by atoms with E-state index in [1.807, 2.05) is 18.2 Å². The van der Waals surface area contributed by atoms with Gasteiger partial charge in [0.25, 0.3) is 0 Å². The number of carbonyl (C=O) groups excluding carboxylic acids is 1. The van der Waals surface area contributed by atoms with Crippen LogP contribution in [0.3, 0.4) is 0 Å². The Kier molecular flexibility index (Phi) is 5.78. The first-order chi connectivity index (χ1) is 9.38. The minimum Gasteiger partial charge on any atom is -0.317 e. The number of para-hydroxylation sites is 1. The maximum absolute atomic E-state index is 12.8. The molecule has 0 aliphatic carbocycles. The van der Waals surface area contributed by atoms with Gasteiger partial charge in [-0.25, -0.2) is 8.42 Å². The van der Waals surface area contributed by atoms with Crippen molar-refractivity contribution in [1.29, 1.82) is 0 Å². The fourth-order valence-electron chi connectivity index (χ4n) is 2.65. The third kappa shape index (κ3) is 3.39. The molecule has 0 aromatic heterocycles. The summed E-state index contributed by atoms with van der Waals surface area (Å²) >= 11 is 0. The van der Waals surface area contributed by atoms with Crippen molar-refractivity contribution in [2.75, 3.05) is 31.3 Å². The van der Waals surface area contributed by atoms with Crippen LogP contribution in [0.5, 0.6) is 0 Å². The van der Waals surface area contributed by atoms with Gasteiger partial charge < -0.3 is 10.2 Å². The van der Waals surface area contributed by atoms with Crippen molar-refractivity contribution in [3.05, 3.63) is 30.3 Å². The third-order valence-electron chi connectivity index (χ3n) is 3.96. The van der Waals surface area contributed by atoms with Gasteiger partial charge in [0.05, 0.1) is 0 Å². The van der Waals surface area contributed by atoms with Gasteiger partial charge >= 0.3 is 0 Å². The lowest BCUT2D eigenvalue weighted by atomic mass is 9.95. The van der Waals surface area contributed by atoms with Crippen molar-refractivity contribution in [1.82, 2.24) is 5.32 Å². The number of nitrogens with one attached hydrogen (secondary N) is 1. The van der Waals surface area contributed by atoms with Crippen LogP contribution in [0.25, 0.3) is 0 Å². The third-order valence-corrected chi connectivity index (χ3v) is 5.96. The summed E-state index contributed by atoms with van der Waals surface area (Å²) < 4.78 is 23.1. The maximum atomic E-state index is 12.8. The molecule has 0 saturated carbocycles. The van der Waals surface area contributed by atoms with Gasteiger partial charge in [0.15, 0.2) is 14.6 Å². The zero-order valence-corrected chi connectivity index (χ0v) is 13.8. The molecular weight excluding hydrogens is 312 g/mol. The monoisotopic (exact) mass is 332 g/mol. The lowest BCUT2D eigenvalue weighted by Crippen LogP contribution is -2.57. The molecular formula is C14H21ClN2O3S. The molecule has 118 valence electrons. The number of hydrogen-bond acceptors (Lipinski definition) is 4. The molecule has 1 N–H and O–H groups in total. The summed E-state index contributed by atoms with van der Waals surface area (Å²) in [6.07, 6.45) is 1.80. The van der Waals surface area contributed by atoms with Gasteiger partial charge in [-0.15, -0.1) is 12.4 Å². The molecule has 1 aromatic carbocycles. The van der Waals surface area contributed by atoms with E-state index >= 15 is 0 Å². The van der Waals surface area contributed by atoms with Crippen LogP contribution in [0, 0.1) is 0 Å². The molecule has 1 fully saturated rings. The topological polar surface area (TPSA) is 66.5 Å². The molecule has 1 aromatic rings. The number of piperidine rings is 1. The smallest absolute Gasteiger partial charge is 0.248 e. The quantitative estimate of drug-likeness (QED) is 0.904. The van der Waals surface area contributed by atoms with Gasteiger partial charge in [-0.3, -0.25) is 4.79 Å². The van der Waals surface area contributed by atoms with E-state index < -0.39 is 14.6 Å². The second-order valence-corrected chi connectivity index (χ2v) is 7.54. The van der Waals surface area contributed by atoms with Crippen molar-refractivity contribution in [3.8, 4) is 0 Å². The number of amides is 1. The molecule has 0 atom stereocenters. The number of sulfone groups is 1. The number of rotatable bonds is 3. The molecule has 1 saturated heterocycles. The van der Waals surface area contributed by atoms with Gasteiger partial charge in [-0.1, -0.05) is 18.2 Å². The second kappa shape index (κ2) is 6.77. The highest BCUT2D eigenvalue weighted by Gasteiger charge is 2.50. The predicted octanol–water partition coefficient (Wildman–Crippen LogP) is 1.24. The minimum atomic E-state index is -3.47. The highest BCUT2D eigenvalue weighted by atomic mass is 35.5. The van der Waals surface area contributed by atoms with Crippen LogP contribution < -0.4 is 10.2 Å². The van der Waals surface area contributed by atoms with Gasteiger partial charge in [-0.2, -0.15) is 0 Å². The van der Waals surface area contributed by atoms with Gasteiger partial charge in [-0.05, 0) is 38.1 Å². The highest BCUT2D eigenvalue weighted by Crippen LogP contribution is 2.31. The molecule has 21 heavy (non-hydrogen) atoms. The van der Waals surface area contributed by atoms with E-state index in [0.29, 0.717) is 31.6 Å². The second-order valence-electron chi connectivity index (χ2n) is 5.22. The summed E-state index contributed by atoms with van der Waals surface area (Å²) in [5, 5.41) is 3.11. The van der Waals surface area contributed by atoms with Crippen LogP contribution in [0.1, 0.15) is 12.8 Å². The fourth-order valence-corrected chi connectivity index (χ4v) is 4.05. The number of nitrogens with zero attached hydrogens (tertiary/aromatic N) is 1. The summed E-state index contributed by atoms with van der Waals surface area (Å²) in [4.78, 5) is 14.2. The molecule has 0 spiro atoms. The van der Waals surface area contributed by atoms with Crippen LogP contribution in [0.15, 0.2) is 30.3 Å². The Morgan fingerprint density at radius 1 is 1.19 bits per heavy atom. The summed E-state index contributed by atoms with van der Waals surface area (Å²) in [5.41, 5.74) is 0.707. The Bertz CT molecular complexity index is 583. The van der Waals surface area contributed by atoms with Crippen LogP contribution >= 0.6 is 12.4 Å². The molecule has 7 heteroatoms. The highest BCUT2D eigenvalue weighted by molar-refractivity contribution is 7.92. The molecule has 1 aliphatic heterocycles. The van der Waals surface area contributed by atoms with E-state index in [-0.39, 0.29) is 18.3 Å². The Labute approximate surface area is 132 Å². The first-order valence-electron chi connectivity index (χ1n) is 6.62. The van der Waals surface area contributed by atoms with E-state index in [2.05, 4.69) is 5.32 Å². The summed E-state index contributed by atoms with van der Waals surface area (Å²) in [6.45, 7) is 1.09. The Morgan fingerprint density at radius 3 is 2.19 bits per heavy atom.